The van der Waals surface area contributed by atoms with Crippen molar-refractivity contribution < 1.29 is 13.5 Å². The first-order chi connectivity index (χ1) is 6.72. The molecule has 14 heavy (non-hydrogen) atoms. The molecule has 0 aromatic heterocycles. The Morgan fingerprint density at radius 1 is 1.43 bits per heavy atom. The number of benzene rings is 1. The van der Waals surface area contributed by atoms with E-state index in [0.717, 1.165) is 6.07 Å². The lowest BCUT2D eigenvalue weighted by atomic mass is 9.97. The summed E-state index contributed by atoms with van der Waals surface area (Å²) in [5, 5.41) is 0. The number of halogens is 2. The SMILES string of the molecule is NC[C@@H]1OCCc2c(F)cc(F)cc21. The number of ether oxygens (including phenoxy) is 1. The summed E-state index contributed by atoms with van der Waals surface area (Å²) in [6.45, 7) is 0.688. The molecule has 0 spiro atoms. The third-order valence-corrected chi connectivity index (χ3v) is 2.43. The normalized spacial score (nSPS) is 20.6. The maximum absolute atomic E-state index is 13.3. The zero-order chi connectivity index (χ0) is 10.1. The molecule has 2 rings (SSSR count). The van der Waals surface area contributed by atoms with Crippen molar-refractivity contribution in [1.82, 2.24) is 0 Å². The Bertz CT molecular complexity index is 354. The molecule has 1 aliphatic heterocycles. The van der Waals surface area contributed by atoms with Crippen LogP contribution in [0.3, 0.4) is 0 Å². The Kier molecular flexibility index (Phi) is 2.48. The molecule has 76 valence electrons. The summed E-state index contributed by atoms with van der Waals surface area (Å²) in [4.78, 5) is 0. The van der Waals surface area contributed by atoms with Crippen LogP contribution in [0.5, 0.6) is 0 Å². The molecule has 4 heteroatoms. The van der Waals surface area contributed by atoms with E-state index in [4.69, 9.17) is 10.5 Å². The number of hydrogen-bond acceptors (Lipinski definition) is 2. The fourth-order valence-electron chi connectivity index (χ4n) is 1.76. The smallest absolute Gasteiger partial charge is 0.129 e. The van der Waals surface area contributed by atoms with Gasteiger partial charge >= 0.3 is 0 Å². The summed E-state index contributed by atoms with van der Waals surface area (Å²) in [5.41, 5.74) is 6.54. The molecule has 0 amide bonds. The second kappa shape index (κ2) is 3.63. The predicted molar refractivity (Wildman–Crippen MR) is 47.8 cm³/mol. The monoisotopic (exact) mass is 199 g/mol. The minimum Gasteiger partial charge on any atom is -0.372 e. The highest BCUT2D eigenvalue weighted by Gasteiger charge is 2.23. The largest absolute Gasteiger partial charge is 0.372 e. The van der Waals surface area contributed by atoms with Crippen molar-refractivity contribution in [2.45, 2.75) is 12.5 Å². The molecule has 0 fully saturated rings. The zero-order valence-electron chi connectivity index (χ0n) is 7.59. The van der Waals surface area contributed by atoms with Crippen molar-refractivity contribution in [2.75, 3.05) is 13.2 Å². The fraction of sp³-hybridized carbons (Fsp3) is 0.400. The van der Waals surface area contributed by atoms with E-state index in [1.165, 1.54) is 6.07 Å². The van der Waals surface area contributed by atoms with Crippen molar-refractivity contribution in [3.05, 3.63) is 34.9 Å². The van der Waals surface area contributed by atoms with Gasteiger partial charge in [-0.25, -0.2) is 8.78 Å². The van der Waals surface area contributed by atoms with E-state index in [-0.39, 0.29) is 12.6 Å². The third-order valence-electron chi connectivity index (χ3n) is 2.43. The van der Waals surface area contributed by atoms with Crippen LogP contribution in [0.1, 0.15) is 17.2 Å². The average Bonchev–Trinajstić information content (AvgIpc) is 2.17. The zero-order valence-corrected chi connectivity index (χ0v) is 7.59. The number of hydrogen-bond donors (Lipinski definition) is 1. The minimum atomic E-state index is -0.579. The first-order valence-corrected chi connectivity index (χ1v) is 4.52. The average molecular weight is 199 g/mol. The van der Waals surface area contributed by atoms with Crippen LogP contribution in [0.15, 0.2) is 12.1 Å². The minimum absolute atomic E-state index is 0.246. The molecule has 0 saturated heterocycles. The van der Waals surface area contributed by atoms with Gasteiger partial charge in [0, 0.05) is 12.6 Å². The molecule has 2 nitrogen and oxygen atoms in total. The van der Waals surface area contributed by atoms with Gasteiger partial charge in [0.2, 0.25) is 0 Å². The number of fused-ring (bicyclic) bond motifs is 1. The van der Waals surface area contributed by atoms with E-state index in [9.17, 15) is 8.78 Å². The predicted octanol–water partition coefficient (Wildman–Crippen LogP) is 1.54. The summed E-state index contributed by atoms with van der Waals surface area (Å²) >= 11 is 0. The van der Waals surface area contributed by atoms with Gasteiger partial charge in [0.05, 0.1) is 12.7 Å². The van der Waals surface area contributed by atoms with Crippen molar-refractivity contribution in [2.24, 2.45) is 5.73 Å². The van der Waals surface area contributed by atoms with Gasteiger partial charge in [-0.2, -0.15) is 0 Å². The summed E-state index contributed by atoms with van der Waals surface area (Å²) in [5.74, 6) is -1.08. The van der Waals surface area contributed by atoms with E-state index in [1.54, 1.807) is 0 Å². The Morgan fingerprint density at radius 3 is 2.93 bits per heavy atom. The number of nitrogens with two attached hydrogens (primary N) is 1. The Balaban J connectivity index is 2.51. The topological polar surface area (TPSA) is 35.2 Å². The lowest BCUT2D eigenvalue weighted by Gasteiger charge is -2.25. The lowest BCUT2D eigenvalue weighted by molar-refractivity contribution is 0.0470. The summed E-state index contributed by atoms with van der Waals surface area (Å²) in [6.07, 6.45) is 0.113. The van der Waals surface area contributed by atoms with E-state index >= 15 is 0 Å². The maximum atomic E-state index is 13.3. The second-order valence-electron chi connectivity index (χ2n) is 3.30. The molecule has 0 saturated carbocycles. The Hall–Kier alpha value is -1.00. The van der Waals surface area contributed by atoms with E-state index in [1.807, 2.05) is 0 Å². The highest BCUT2D eigenvalue weighted by Crippen LogP contribution is 2.28. The van der Waals surface area contributed by atoms with Crippen LogP contribution >= 0.6 is 0 Å². The molecule has 0 radical (unpaired) electrons. The molecule has 0 unspecified atom stereocenters. The van der Waals surface area contributed by atoms with Crippen molar-refractivity contribution >= 4 is 0 Å². The number of rotatable bonds is 1. The van der Waals surface area contributed by atoms with Crippen LogP contribution in [0.25, 0.3) is 0 Å². The van der Waals surface area contributed by atoms with Crippen molar-refractivity contribution in [1.29, 1.82) is 0 Å². The van der Waals surface area contributed by atoms with Crippen molar-refractivity contribution in [3.63, 3.8) is 0 Å². The molecule has 1 aromatic carbocycles. The molecular weight excluding hydrogens is 188 g/mol. The lowest BCUT2D eigenvalue weighted by Crippen LogP contribution is -2.24. The van der Waals surface area contributed by atoms with Gasteiger partial charge in [0.25, 0.3) is 0 Å². The first-order valence-electron chi connectivity index (χ1n) is 4.52. The molecule has 0 aliphatic carbocycles. The summed E-state index contributed by atoms with van der Waals surface area (Å²) < 4.78 is 31.5. The van der Waals surface area contributed by atoms with Gasteiger partial charge in [-0.1, -0.05) is 0 Å². The Morgan fingerprint density at radius 2 is 2.21 bits per heavy atom. The molecule has 1 aromatic rings. The van der Waals surface area contributed by atoms with E-state index in [0.29, 0.717) is 24.2 Å². The molecular formula is C10H11F2NO. The molecule has 1 heterocycles. The van der Waals surface area contributed by atoms with E-state index < -0.39 is 11.6 Å². The highest BCUT2D eigenvalue weighted by atomic mass is 19.1. The van der Waals surface area contributed by atoms with Gasteiger partial charge in [-0.05, 0) is 23.6 Å². The highest BCUT2D eigenvalue weighted by molar-refractivity contribution is 5.33. The fourth-order valence-corrected chi connectivity index (χ4v) is 1.76. The molecule has 2 N–H and O–H groups in total. The van der Waals surface area contributed by atoms with Crippen LogP contribution in [0.2, 0.25) is 0 Å². The van der Waals surface area contributed by atoms with Crippen molar-refractivity contribution in [3.8, 4) is 0 Å². The summed E-state index contributed by atoms with van der Waals surface area (Å²) in [6, 6.07) is 2.20. The maximum Gasteiger partial charge on any atom is 0.129 e. The standard InChI is InChI=1S/C10H11F2NO/c11-6-3-8-7(9(12)4-6)1-2-14-10(8)5-13/h3-4,10H,1-2,5,13H2/t10-/m0/s1. The Labute approximate surface area is 80.7 Å². The van der Waals surface area contributed by atoms with Gasteiger partial charge in [-0.3, -0.25) is 0 Å². The van der Waals surface area contributed by atoms with Gasteiger partial charge in [0.15, 0.2) is 0 Å². The van der Waals surface area contributed by atoms with Crippen LogP contribution < -0.4 is 5.73 Å². The molecule has 1 atom stereocenters. The van der Waals surface area contributed by atoms with Gasteiger partial charge in [-0.15, -0.1) is 0 Å². The van der Waals surface area contributed by atoms with Crippen LogP contribution in [0, 0.1) is 11.6 Å². The summed E-state index contributed by atoms with van der Waals surface area (Å²) in [7, 11) is 0. The van der Waals surface area contributed by atoms with Crippen LogP contribution in [0.4, 0.5) is 8.78 Å². The van der Waals surface area contributed by atoms with Gasteiger partial charge in [0.1, 0.15) is 11.6 Å². The second-order valence-corrected chi connectivity index (χ2v) is 3.30. The molecule has 0 bridgehead atoms. The molecule has 1 aliphatic rings. The van der Waals surface area contributed by atoms with E-state index in [2.05, 4.69) is 0 Å². The quantitative estimate of drug-likeness (QED) is 0.744. The van der Waals surface area contributed by atoms with Crippen LogP contribution in [-0.2, 0) is 11.2 Å². The first kappa shape index (κ1) is 9.55. The van der Waals surface area contributed by atoms with Crippen LogP contribution in [-0.4, -0.2) is 13.2 Å². The third kappa shape index (κ3) is 1.51. The van der Waals surface area contributed by atoms with Gasteiger partial charge < -0.3 is 10.5 Å².